The van der Waals surface area contributed by atoms with Crippen LogP contribution in [0.15, 0.2) is 39.6 Å². The SMILES string of the molecule is COc1cc(CNC(=O)CCCCCn2c(=O)c3c(C)onc3c3c(Cl)cccc32)cc(OC)c1OC. The largest absolute Gasteiger partial charge is 0.493 e. The summed E-state index contributed by atoms with van der Waals surface area (Å²) in [6.07, 6.45) is 2.60. The molecule has 0 saturated carbocycles. The van der Waals surface area contributed by atoms with Crippen molar-refractivity contribution in [1.82, 2.24) is 15.0 Å². The van der Waals surface area contributed by atoms with Gasteiger partial charge in [0, 0.05) is 24.9 Å². The zero-order chi connectivity index (χ0) is 26.5. The monoisotopic (exact) mass is 527 g/mol. The number of benzene rings is 2. The van der Waals surface area contributed by atoms with Crippen molar-refractivity contribution in [3.63, 3.8) is 0 Å². The molecule has 1 N–H and O–H groups in total. The van der Waals surface area contributed by atoms with Crippen molar-refractivity contribution in [2.45, 2.75) is 45.7 Å². The standard InChI is InChI=1S/C27H30ClN3O6/c1-16-23-25(30-37-16)24-18(28)9-8-10-19(24)31(27(23)33)12-7-5-6-11-22(32)29-15-17-13-20(34-2)26(36-4)21(14-17)35-3/h8-10,13-14H,5-7,11-12,15H2,1-4H3,(H,29,32). The van der Waals surface area contributed by atoms with Gasteiger partial charge in [0.15, 0.2) is 11.5 Å². The summed E-state index contributed by atoms with van der Waals surface area (Å²) in [5.41, 5.74) is 1.91. The maximum Gasteiger partial charge on any atom is 0.264 e. The summed E-state index contributed by atoms with van der Waals surface area (Å²) >= 11 is 6.45. The van der Waals surface area contributed by atoms with E-state index in [9.17, 15) is 9.59 Å². The molecule has 0 bridgehead atoms. The van der Waals surface area contributed by atoms with Gasteiger partial charge in [-0.15, -0.1) is 0 Å². The molecule has 0 saturated heterocycles. The van der Waals surface area contributed by atoms with Gasteiger partial charge in [0.05, 0.1) is 31.9 Å². The predicted octanol–water partition coefficient (Wildman–Crippen LogP) is 5.01. The molecule has 0 atom stereocenters. The van der Waals surface area contributed by atoms with Crippen LogP contribution in [0.2, 0.25) is 5.02 Å². The number of ether oxygens (including phenoxy) is 3. The average molecular weight is 528 g/mol. The number of rotatable bonds is 11. The lowest BCUT2D eigenvalue weighted by Gasteiger charge is -2.14. The Labute approximate surface area is 219 Å². The average Bonchev–Trinajstić information content (AvgIpc) is 3.29. The minimum Gasteiger partial charge on any atom is -0.493 e. The maximum atomic E-state index is 13.2. The highest BCUT2D eigenvalue weighted by molar-refractivity contribution is 6.37. The van der Waals surface area contributed by atoms with Crippen molar-refractivity contribution in [2.24, 2.45) is 0 Å². The van der Waals surface area contributed by atoms with Crippen LogP contribution in [0, 0.1) is 6.92 Å². The second-order valence-corrected chi connectivity index (χ2v) is 9.08. The summed E-state index contributed by atoms with van der Waals surface area (Å²) in [6, 6.07) is 9.08. The highest BCUT2D eigenvalue weighted by atomic mass is 35.5. The van der Waals surface area contributed by atoms with Crippen LogP contribution in [0.1, 0.15) is 37.0 Å². The van der Waals surface area contributed by atoms with Gasteiger partial charge in [0.1, 0.15) is 16.7 Å². The third kappa shape index (κ3) is 5.36. The Kier molecular flexibility index (Phi) is 8.23. The first-order valence-corrected chi connectivity index (χ1v) is 12.4. The lowest BCUT2D eigenvalue weighted by molar-refractivity contribution is -0.121. The van der Waals surface area contributed by atoms with Crippen LogP contribution < -0.4 is 25.1 Å². The van der Waals surface area contributed by atoms with Crippen LogP contribution in [0.3, 0.4) is 0 Å². The first-order valence-electron chi connectivity index (χ1n) is 12.0. The van der Waals surface area contributed by atoms with Crippen molar-refractivity contribution in [2.75, 3.05) is 21.3 Å². The fraction of sp³-hybridized carbons (Fsp3) is 0.370. The predicted molar refractivity (Wildman–Crippen MR) is 142 cm³/mol. The third-order valence-electron chi connectivity index (χ3n) is 6.34. The molecule has 0 aliphatic heterocycles. The zero-order valence-electron chi connectivity index (χ0n) is 21.4. The van der Waals surface area contributed by atoms with Crippen molar-refractivity contribution in [3.05, 3.63) is 57.0 Å². The van der Waals surface area contributed by atoms with Gasteiger partial charge in [-0.3, -0.25) is 9.59 Å². The molecule has 0 radical (unpaired) electrons. The molecule has 10 heteroatoms. The molecule has 2 aromatic heterocycles. The number of halogens is 1. The van der Waals surface area contributed by atoms with E-state index in [1.807, 2.05) is 24.3 Å². The van der Waals surface area contributed by atoms with E-state index in [1.165, 1.54) is 0 Å². The number of fused-ring (bicyclic) bond motifs is 3. The summed E-state index contributed by atoms with van der Waals surface area (Å²) in [4.78, 5) is 25.6. The van der Waals surface area contributed by atoms with Gasteiger partial charge in [-0.1, -0.05) is 29.2 Å². The quantitative estimate of drug-likeness (QED) is 0.273. The lowest BCUT2D eigenvalue weighted by Crippen LogP contribution is -2.23. The molecule has 2 heterocycles. The number of pyridine rings is 1. The first kappa shape index (κ1) is 26.3. The smallest absolute Gasteiger partial charge is 0.264 e. The van der Waals surface area contributed by atoms with E-state index in [2.05, 4.69) is 10.5 Å². The van der Waals surface area contributed by atoms with Crippen molar-refractivity contribution < 1.29 is 23.5 Å². The van der Waals surface area contributed by atoms with E-state index in [1.54, 1.807) is 38.9 Å². The van der Waals surface area contributed by atoms with E-state index in [-0.39, 0.29) is 11.5 Å². The van der Waals surface area contributed by atoms with E-state index < -0.39 is 0 Å². The van der Waals surface area contributed by atoms with Crippen LogP contribution in [0.25, 0.3) is 21.8 Å². The molecule has 0 fully saturated rings. The second kappa shape index (κ2) is 11.6. The van der Waals surface area contributed by atoms with Gasteiger partial charge in [0.2, 0.25) is 11.7 Å². The Bertz CT molecular complexity index is 1470. The summed E-state index contributed by atoms with van der Waals surface area (Å²) in [7, 11) is 4.65. The molecule has 4 rings (SSSR count). The van der Waals surface area contributed by atoms with Gasteiger partial charge in [0.25, 0.3) is 5.56 Å². The number of hydrogen-bond acceptors (Lipinski definition) is 7. The van der Waals surface area contributed by atoms with Crippen LogP contribution in [0.4, 0.5) is 0 Å². The summed E-state index contributed by atoms with van der Waals surface area (Å²) in [6.45, 7) is 2.57. The number of nitrogens with one attached hydrogen (secondary N) is 1. The number of hydrogen-bond donors (Lipinski definition) is 1. The molecule has 196 valence electrons. The summed E-state index contributed by atoms with van der Waals surface area (Å²) in [5.74, 6) is 2.00. The number of aryl methyl sites for hydroxylation is 2. The minimum atomic E-state index is -0.147. The maximum absolute atomic E-state index is 13.2. The molecule has 0 aliphatic rings. The number of amides is 1. The Morgan fingerprint density at radius 2 is 1.78 bits per heavy atom. The molecule has 0 aliphatic carbocycles. The minimum absolute atomic E-state index is 0.0512. The Balaban J connectivity index is 1.34. The Morgan fingerprint density at radius 3 is 2.46 bits per heavy atom. The molecule has 0 spiro atoms. The number of methoxy groups -OCH3 is 3. The fourth-order valence-corrected chi connectivity index (χ4v) is 4.75. The van der Waals surface area contributed by atoms with Crippen LogP contribution in [-0.4, -0.2) is 37.0 Å². The molecule has 1 amide bonds. The fourth-order valence-electron chi connectivity index (χ4n) is 4.49. The number of unbranched alkanes of at least 4 members (excludes halogenated alkanes) is 2. The number of carbonyl (C=O) groups excluding carboxylic acids is 1. The van der Waals surface area contributed by atoms with E-state index >= 15 is 0 Å². The van der Waals surface area contributed by atoms with Gasteiger partial charge in [-0.05, 0) is 49.6 Å². The van der Waals surface area contributed by atoms with Crippen LogP contribution in [0.5, 0.6) is 17.2 Å². The van der Waals surface area contributed by atoms with Gasteiger partial charge in [-0.25, -0.2) is 0 Å². The number of aromatic nitrogens is 2. The summed E-state index contributed by atoms with van der Waals surface area (Å²) in [5, 5.41) is 8.68. The molecular weight excluding hydrogens is 498 g/mol. The van der Waals surface area contributed by atoms with Crippen LogP contribution in [-0.2, 0) is 17.9 Å². The van der Waals surface area contributed by atoms with E-state index in [0.717, 1.165) is 23.9 Å². The molecule has 4 aromatic rings. The van der Waals surface area contributed by atoms with Crippen molar-refractivity contribution in [3.8, 4) is 17.2 Å². The zero-order valence-corrected chi connectivity index (χ0v) is 22.1. The highest BCUT2D eigenvalue weighted by Gasteiger charge is 2.18. The molecule has 0 unspecified atom stereocenters. The van der Waals surface area contributed by atoms with E-state index in [0.29, 0.717) is 70.3 Å². The lowest BCUT2D eigenvalue weighted by atomic mass is 10.1. The van der Waals surface area contributed by atoms with Gasteiger partial charge >= 0.3 is 0 Å². The number of nitrogens with zero attached hydrogens (tertiary/aromatic N) is 2. The molecule has 9 nitrogen and oxygen atoms in total. The molecular formula is C27H30ClN3O6. The molecule has 2 aromatic carbocycles. The van der Waals surface area contributed by atoms with Crippen LogP contribution >= 0.6 is 11.6 Å². The molecule has 37 heavy (non-hydrogen) atoms. The third-order valence-corrected chi connectivity index (χ3v) is 6.66. The normalized spacial score (nSPS) is 11.2. The number of carbonyl (C=O) groups is 1. The highest BCUT2D eigenvalue weighted by Crippen LogP contribution is 2.38. The first-order chi connectivity index (χ1) is 17.9. The Hall–Kier alpha value is -3.72. The second-order valence-electron chi connectivity index (χ2n) is 8.67. The topological polar surface area (TPSA) is 105 Å². The van der Waals surface area contributed by atoms with Crippen molar-refractivity contribution >= 4 is 39.3 Å². The summed E-state index contributed by atoms with van der Waals surface area (Å²) < 4.78 is 23.1. The van der Waals surface area contributed by atoms with Crippen molar-refractivity contribution in [1.29, 1.82) is 0 Å². The van der Waals surface area contributed by atoms with Gasteiger partial charge < -0.3 is 28.6 Å². The Morgan fingerprint density at radius 1 is 1.05 bits per heavy atom. The van der Waals surface area contributed by atoms with Gasteiger partial charge in [-0.2, -0.15) is 0 Å². The van der Waals surface area contributed by atoms with E-state index in [4.69, 9.17) is 30.3 Å².